The van der Waals surface area contributed by atoms with Gasteiger partial charge in [-0.15, -0.1) is 6.58 Å². The quantitative estimate of drug-likeness (QED) is 0.474. The summed E-state index contributed by atoms with van der Waals surface area (Å²) >= 11 is 0. The zero-order valence-electron chi connectivity index (χ0n) is 10.5. The van der Waals surface area contributed by atoms with Crippen molar-refractivity contribution in [1.82, 2.24) is 0 Å². The summed E-state index contributed by atoms with van der Waals surface area (Å²) in [7, 11) is 0. The molecule has 1 aromatic rings. The Labute approximate surface area is 114 Å². The van der Waals surface area contributed by atoms with Crippen LogP contribution < -0.4 is 20.5 Å². The van der Waals surface area contributed by atoms with Crippen LogP contribution in [0.5, 0.6) is 11.5 Å². The van der Waals surface area contributed by atoms with Crippen molar-refractivity contribution in [1.29, 1.82) is 0 Å². The van der Waals surface area contributed by atoms with Crippen molar-refractivity contribution in [3.8, 4) is 11.5 Å². The number of nitrogens with two attached hydrogens (primary N) is 1. The molecule has 0 spiro atoms. The van der Waals surface area contributed by atoms with Crippen LogP contribution in [0.3, 0.4) is 0 Å². The van der Waals surface area contributed by atoms with Gasteiger partial charge in [-0.25, -0.2) is 0 Å². The molecular weight excluding hydrogens is 266 g/mol. The minimum atomic E-state index is -0.822. The zero-order valence-corrected chi connectivity index (χ0v) is 10.5. The second kappa shape index (κ2) is 5.57. The van der Waals surface area contributed by atoms with Gasteiger partial charge < -0.3 is 20.5 Å². The van der Waals surface area contributed by atoms with Gasteiger partial charge in [-0.3, -0.25) is 14.9 Å². The van der Waals surface area contributed by atoms with E-state index in [4.69, 9.17) is 15.2 Å². The minimum Gasteiger partial charge on any atom is -0.454 e. The molecule has 8 nitrogen and oxygen atoms in total. The number of hydrogen-bond acceptors (Lipinski definition) is 6. The van der Waals surface area contributed by atoms with Gasteiger partial charge in [0.1, 0.15) is 5.69 Å². The molecule has 1 aliphatic heterocycles. The Kier molecular flexibility index (Phi) is 3.85. The second-order valence-corrected chi connectivity index (χ2v) is 4.10. The third kappa shape index (κ3) is 2.69. The Morgan fingerprint density at radius 2 is 2.20 bits per heavy atom. The Balaban J connectivity index is 2.28. The Bertz CT molecular complexity index is 572. The third-order valence-corrected chi connectivity index (χ3v) is 2.70. The van der Waals surface area contributed by atoms with Crippen LogP contribution >= 0.6 is 0 Å². The molecule has 1 aliphatic rings. The first-order valence-electron chi connectivity index (χ1n) is 5.78. The molecule has 3 N–H and O–H groups in total. The van der Waals surface area contributed by atoms with E-state index < -0.39 is 16.9 Å². The highest BCUT2D eigenvalue weighted by molar-refractivity contribution is 5.97. The first kappa shape index (κ1) is 13.8. The van der Waals surface area contributed by atoms with E-state index >= 15 is 0 Å². The number of nitrogens with zero attached hydrogens (tertiary/aromatic N) is 1. The SMILES string of the molecule is C=CCC(N)C(=O)Nc1cc2c(cc1[N+](=O)[O-])OCO2. The molecule has 0 fully saturated rings. The standard InChI is InChI=1S/C12H13N3O5/c1-2-3-7(13)12(16)14-8-4-10-11(20-6-19-10)5-9(8)15(17)18/h2,4-5,7H,1,3,6,13H2,(H,14,16). The Morgan fingerprint density at radius 1 is 1.55 bits per heavy atom. The number of carbonyl (C=O) groups is 1. The molecule has 0 aromatic heterocycles. The lowest BCUT2D eigenvalue weighted by Crippen LogP contribution is -2.35. The molecular formula is C12H13N3O5. The molecule has 0 bridgehead atoms. The van der Waals surface area contributed by atoms with Gasteiger partial charge in [0.15, 0.2) is 11.5 Å². The van der Waals surface area contributed by atoms with E-state index in [0.717, 1.165) is 0 Å². The molecule has 1 heterocycles. The number of nitrogens with one attached hydrogen (secondary N) is 1. The zero-order chi connectivity index (χ0) is 14.7. The lowest BCUT2D eigenvalue weighted by Gasteiger charge is -2.11. The third-order valence-electron chi connectivity index (χ3n) is 2.70. The topological polar surface area (TPSA) is 117 Å². The molecule has 20 heavy (non-hydrogen) atoms. The number of benzene rings is 1. The molecule has 1 amide bonds. The largest absolute Gasteiger partial charge is 0.454 e. The van der Waals surface area contributed by atoms with Crippen LogP contribution in [0, 0.1) is 10.1 Å². The summed E-state index contributed by atoms with van der Waals surface area (Å²) < 4.78 is 10.2. The van der Waals surface area contributed by atoms with Crippen molar-refractivity contribution in [2.24, 2.45) is 5.73 Å². The number of nitro groups is 1. The van der Waals surface area contributed by atoms with Gasteiger partial charge in [0.25, 0.3) is 5.69 Å². The van der Waals surface area contributed by atoms with Crippen LogP contribution in [0.1, 0.15) is 6.42 Å². The number of fused-ring (bicyclic) bond motifs is 1. The number of hydrogen-bond donors (Lipinski definition) is 2. The Hall–Kier alpha value is -2.61. The molecule has 1 unspecified atom stereocenters. The average molecular weight is 279 g/mol. The summed E-state index contributed by atoms with van der Waals surface area (Å²) in [5.74, 6) is 0.0696. The summed E-state index contributed by atoms with van der Waals surface area (Å²) in [5.41, 5.74) is 5.34. The number of nitro benzene ring substituents is 1. The van der Waals surface area contributed by atoms with E-state index in [2.05, 4.69) is 11.9 Å². The van der Waals surface area contributed by atoms with Crippen molar-refractivity contribution < 1.29 is 19.2 Å². The van der Waals surface area contributed by atoms with Crippen molar-refractivity contribution in [3.63, 3.8) is 0 Å². The van der Waals surface area contributed by atoms with Crippen molar-refractivity contribution in [2.75, 3.05) is 12.1 Å². The average Bonchev–Trinajstić information content (AvgIpc) is 2.84. The van der Waals surface area contributed by atoms with Gasteiger partial charge in [-0.1, -0.05) is 6.08 Å². The monoisotopic (exact) mass is 279 g/mol. The van der Waals surface area contributed by atoms with Gasteiger partial charge in [0.05, 0.1) is 17.0 Å². The maximum atomic E-state index is 11.8. The number of rotatable bonds is 5. The summed E-state index contributed by atoms with van der Waals surface area (Å²) in [6, 6.07) is 1.73. The molecule has 106 valence electrons. The van der Waals surface area contributed by atoms with Crippen LogP contribution in [0.15, 0.2) is 24.8 Å². The molecule has 8 heteroatoms. The smallest absolute Gasteiger partial charge is 0.296 e. The predicted octanol–water partition coefficient (Wildman–Crippen LogP) is 1.17. The number of ether oxygens (including phenoxy) is 2. The van der Waals surface area contributed by atoms with E-state index in [0.29, 0.717) is 5.75 Å². The fourth-order valence-corrected chi connectivity index (χ4v) is 1.69. The van der Waals surface area contributed by atoms with Gasteiger partial charge in [0.2, 0.25) is 12.7 Å². The summed E-state index contributed by atoms with van der Waals surface area (Å²) in [4.78, 5) is 22.2. The highest BCUT2D eigenvalue weighted by Gasteiger charge is 2.25. The number of amides is 1. The minimum absolute atomic E-state index is 0.0140. The fraction of sp³-hybridized carbons (Fsp3) is 0.250. The lowest BCUT2D eigenvalue weighted by atomic mass is 10.2. The maximum absolute atomic E-state index is 11.8. The summed E-state index contributed by atoms with van der Waals surface area (Å²) in [5, 5.41) is 13.4. The fourth-order valence-electron chi connectivity index (χ4n) is 1.69. The summed E-state index contributed by atoms with van der Waals surface area (Å²) in [6.45, 7) is 3.46. The number of carbonyl (C=O) groups excluding carboxylic acids is 1. The van der Waals surface area contributed by atoms with Crippen molar-refractivity contribution in [2.45, 2.75) is 12.5 Å². The van der Waals surface area contributed by atoms with Gasteiger partial charge in [-0.2, -0.15) is 0 Å². The molecule has 2 rings (SSSR count). The lowest BCUT2D eigenvalue weighted by molar-refractivity contribution is -0.384. The molecule has 0 aliphatic carbocycles. The van der Waals surface area contributed by atoms with Crippen molar-refractivity contribution in [3.05, 3.63) is 34.9 Å². The van der Waals surface area contributed by atoms with E-state index in [1.165, 1.54) is 18.2 Å². The molecule has 0 radical (unpaired) electrons. The highest BCUT2D eigenvalue weighted by atomic mass is 16.7. The van der Waals surface area contributed by atoms with Gasteiger partial charge in [-0.05, 0) is 6.42 Å². The van der Waals surface area contributed by atoms with Crippen LogP contribution in [0.25, 0.3) is 0 Å². The normalized spacial score (nSPS) is 13.7. The van der Waals surface area contributed by atoms with E-state index in [9.17, 15) is 14.9 Å². The highest BCUT2D eigenvalue weighted by Crippen LogP contribution is 2.40. The van der Waals surface area contributed by atoms with Gasteiger partial charge in [0, 0.05) is 6.07 Å². The summed E-state index contributed by atoms with van der Waals surface area (Å²) in [6.07, 6.45) is 1.77. The van der Waals surface area contributed by atoms with Crippen LogP contribution in [-0.4, -0.2) is 23.7 Å². The Morgan fingerprint density at radius 3 is 2.80 bits per heavy atom. The number of anilines is 1. The van der Waals surface area contributed by atoms with E-state index in [-0.39, 0.29) is 30.3 Å². The van der Waals surface area contributed by atoms with Crippen molar-refractivity contribution >= 4 is 17.3 Å². The first-order valence-corrected chi connectivity index (χ1v) is 5.78. The second-order valence-electron chi connectivity index (χ2n) is 4.10. The first-order chi connectivity index (χ1) is 9.52. The molecule has 1 atom stereocenters. The van der Waals surface area contributed by atoms with E-state index in [1.807, 2.05) is 0 Å². The van der Waals surface area contributed by atoms with Crippen LogP contribution in [-0.2, 0) is 4.79 Å². The van der Waals surface area contributed by atoms with E-state index in [1.54, 1.807) is 0 Å². The predicted molar refractivity (Wildman–Crippen MR) is 70.6 cm³/mol. The molecule has 1 aromatic carbocycles. The van der Waals surface area contributed by atoms with Crippen LogP contribution in [0.2, 0.25) is 0 Å². The van der Waals surface area contributed by atoms with Crippen LogP contribution in [0.4, 0.5) is 11.4 Å². The molecule has 0 saturated heterocycles. The maximum Gasteiger partial charge on any atom is 0.296 e. The van der Waals surface area contributed by atoms with Gasteiger partial charge >= 0.3 is 0 Å². The molecule has 0 saturated carbocycles.